The summed E-state index contributed by atoms with van der Waals surface area (Å²) >= 11 is 0. The van der Waals surface area contributed by atoms with Gasteiger partial charge in [0.05, 0.1) is 0 Å². The summed E-state index contributed by atoms with van der Waals surface area (Å²) in [5, 5.41) is 0. The van der Waals surface area contributed by atoms with Crippen LogP contribution in [0, 0.1) is 5.82 Å². The van der Waals surface area contributed by atoms with Crippen LogP contribution >= 0.6 is 0 Å². The molecule has 0 radical (unpaired) electrons. The lowest BCUT2D eigenvalue weighted by molar-refractivity contribution is -0.131. The van der Waals surface area contributed by atoms with E-state index in [-0.39, 0.29) is 0 Å². The molecule has 2 N–H and O–H groups in total. The van der Waals surface area contributed by atoms with Crippen LogP contribution < -0.4 is 20.3 Å². The third-order valence-corrected chi connectivity index (χ3v) is 4.36. The minimum Gasteiger partial charge on any atom is -0.489 e. The van der Waals surface area contributed by atoms with Gasteiger partial charge < -0.3 is 9.47 Å². The van der Waals surface area contributed by atoms with E-state index >= 15 is 0 Å². The zero-order valence-corrected chi connectivity index (χ0v) is 17.5. The molecule has 164 valence electrons. The monoisotopic (exact) mass is 434 g/mol. The standard InChI is InChI=1S/C25H23FN2O4/c1-18(32-23-14-10-21(26)11-15-23)25(30)28-27-24(29)16-9-19-7-12-22(13-8-19)31-17-20-5-3-2-4-6-20/h2-16,18H,17H2,1H3,(H,27,29)(H,28,30)/b16-9+. The zero-order chi connectivity index (χ0) is 22.8. The molecule has 0 aliphatic carbocycles. The van der Waals surface area contributed by atoms with Gasteiger partial charge in [0.25, 0.3) is 11.8 Å². The average molecular weight is 434 g/mol. The van der Waals surface area contributed by atoms with Crippen LogP contribution in [-0.4, -0.2) is 17.9 Å². The number of hydrazine groups is 1. The Morgan fingerprint density at radius 1 is 0.906 bits per heavy atom. The van der Waals surface area contributed by atoms with Crippen LogP contribution in [0.3, 0.4) is 0 Å². The van der Waals surface area contributed by atoms with Crippen molar-refractivity contribution in [3.63, 3.8) is 0 Å². The summed E-state index contributed by atoms with van der Waals surface area (Å²) in [6, 6.07) is 22.4. The molecule has 0 aliphatic rings. The molecular weight excluding hydrogens is 411 g/mol. The van der Waals surface area contributed by atoms with Crippen LogP contribution in [-0.2, 0) is 16.2 Å². The van der Waals surface area contributed by atoms with Crippen molar-refractivity contribution >= 4 is 17.9 Å². The summed E-state index contributed by atoms with van der Waals surface area (Å²) < 4.78 is 24.0. The van der Waals surface area contributed by atoms with Gasteiger partial charge in [-0.15, -0.1) is 0 Å². The molecule has 7 heteroatoms. The number of rotatable bonds is 8. The highest BCUT2D eigenvalue weighted by Crippen LogP contribution is 2.15. The van der Waals surface area contributed by atoms with E-state index in [0.717, 1.165) is 16.9 Å². The molecule has 6 nitrogen and oxygen atoms in total. The van der Waals surface area contributed by atoms with Crippen LogP contribution in [0.1, 0.15) is 18.1 Å². The predicted octanol–water partition coefficient (Wildman–Crippen LogP) is 4.03. The minimum atomic E-state index is -0.881. The van der Waals surface area contributed by atoms with E-state index < -0.39 is 23.7 Å². The summed E-state index contributed by atoms with van der Waals surface area (Å²) in [4.78, 5) is 24.0. The minimum absolute atomic E-state index is 0.344. The van der Waals surface area contributed by atoms with Crippen LogP contribution in [0.2, 0.25) is 0 Å². The molecule has 0 heterocycles. The first-order valence-corrected chi connectivity index (χ1v) is 9.96. The Morgan fingerprint density at radius 2 is 1.56 bits per heavy atom. The van der Waals surface area contributed by atoms with Crippen molar-refractivity contribution in [3.05, 3.63) is 102 Å². The second kappa shape index (κ2) is 11.3. The van der Waals surface area contributed by atoms with E-state index in [1.807, 2.05) is 54.6 Å². The number of hydrogen-bond acceptors (Lipinski definition) is 4. The quantitative estimate of drug-likeness (QED) is 0.415. The van der Waals surface area contributed by atoms with Crippen molar-refractivity contribution in [3.8, 4) is 11.5 Å². The number of halogens is 1. The smallest absolute Gasteiger partial charge is 0.279 e. The maximum absolute atomic E-state index is 12.9. The van der Waals surface area contributed by atoms with Crippen molar-refractivity contribution in [2.45, 2.75) is 19.6 Å². The highest BCUT2D eigenvalue weighted by molar-refractivity contribution is 5.93. The second-order valence-electron chi connectivity index (χ2n) is 6.87. The molecular formula is C25H23FN2O4. The van der Waals surface area contributed by atoms with Gasteiger partial charge in [0.15, 0.2) is 6.10 Å². The number of carbonyl (C=O) groups is 2. The fourth-order valence-electron chi connectivity index (χ4n) is 2.63. The normalized spacial score (nSPS) is 11.6. The molecule has 32 heavy (non-hydrogen) atoms. The molecule has 3 aromatic carbocycles. The molecule has 3 rings (SSSR count). The fourth-order valence-corrected chi connectivity index (χ4v) is 2.63. The first kappa shape index (κ1) is 22.6. The summed E-state index contributed by atoms with van der Waals surface area (Å²) in [6.07, 6.45) is 2.03. The number of ether oxygens (including phenoxy) is 2. The largest absolute Gasteiger partial charge is 0.489 e. The van der Waals surface area contributed by atoms with Gasteiger partial charge in [-0.25, -0.2) is 4.39 Å². The van der Waals surface area contributed by atoms with Crippen LogP contribution in [0.25, 0.3) is 6.08 Å². The topological polar surface area (TPSA) is 76.7 Å². The molecule has 0 aliphatic heterocycles. The van der Waals surface area contributed by atoms with Gasteiger partial charge in [-0.3, -0.25) is 20.4 Å². The number of benzene rings is 3. The Labute approximate surface area is 185 Å². The maximum atomic E-state index is 12.9. The Bertz CT molecular complexity index is 1050. The Morgan fingerprint density at radius 3 is 2.25 bits per heavy atom. The third-order valence-electron chi connectivity index (χ3n) is 4.36. The molecule has 0 fully saturated rings. The lowest BCUT2D eigenvalue weighted by Crippen LogP contribution is -2.46. The van der Waals surface area contributed by atoms with Crippen molar-refractivity contribution in [2.24, 2.45) is 0 Å². The van der Waals surface area contributed by atoms with E-state index in [1.54, 1.807) is 6.08 Å². The Kier molecular flexibility index (Phi) is 7.97. The number of nitrogens with one attached hydrogen (secondary N) is 2. The summed E-state index contributed by atoms with van der Waals surface area (Å²) in [5.74, 6) is -0.384. The van der Waals surface area contributed by atoms with E-state index in [2.05, 4.69) is 10.9 Å². The predicted molar refractivity (Wildman–Crippen MR) is 119 cm³/mol. The van der Waals surface area contributed by atoms with Gasteiger partial charge in [-0.1, -0.05) is 42.5 Å². The van der Waals surface area contributed by atoms with Crippen LogP contribution in [0.4, 0.5) is 4.39 Å². The van der Waals surface area contributed by atoms with E-state index in [0.29, 0.717) is 12.4 Å². The lowest BCUT2D eigenvalue weighted by atomic mass is 10.2. The lowest BCUT2D eigenvalue weighted by Gasteiger charge is -2.14. The second-order valence-corrected chi connectivity index (χ2v) is 6.87. The van der Waals surface area contributed by atoms with E-state index in [4.69, 9.17) is 9.47 Å². The van der Waals surface area contributed by atoms with Gasteiger partial charge >= 0.3 is 0 Å². The SMILES string of the molecule is CC(Oc1ccc(F)cc1)C(=O)NNC(=O)/C=C/c1ccc(OCc2ccccc2)cc1. The average Bonchev–Trinajstić information content (AvgIpc) is 2.82. The number of hydrogen-bond donors (Lipinski definition) is 2. The van der Waals surface area contributed by atoms with Crippen LogP contribution in [0.15, 0.2) is 84.9 Å². The Hall–Kier alpha value is -4.13. The number of carbonyl (C=O) groups excluding carboxylic acids is 2. The molecule has 1 atom stereocenters. The van der Waals surface area contributed by atoms with Gasteiger partial charge in [-0.05, 0) is 60.5 Å². The Balaban J connectivity index is 1.41. The molecule has 1 unspecified atom stereocenters. The molecule has 0 aromatic heterocycles. The summed E-state index contributed by atoms with van der Waals surface area (Å²) in [7, 11) is 0. The van der Waals surface area contributed by atoms with Gasteiger partial charge in [-0.2, -0.15) is 0 Å². The fraction of sp³-hybridized carbons (Fsp3) is 0.120. The summed E-state index contributed by atoms with van der Waals surface area (Å²) in [6.45, 7) is 1.99. The molecule has 0 saturated carbocycles. The van der Waals surface area contributed by atoms with Crippen molar-refractivity contribution in [1.82, 2.24) is 10.9 Å². The molecule has 0 saturated heterocycles. The van der Waals surface area contributed by atoms with Crippen molar-refractivity contribution < 1.29 is 23.5 Å². The van der Waals surface area contributed by atoms with Crippen LogP contribution in [0.5, 0.6) is 11.5 Å². The highest BCUT2D eigenvalue weighted by Gasteiger charge is 2.14. The highest BCUT2D eigenvalue weighted by atomic mass is 19.1. The van der Waals surface area contributed by atoms with E-state index in [1.165, 1.54) is 37.3 Å². The first-order chi connectivity index (χ1) is 15.5. The molecule has 0 spiro atoms. The first-order valence-electron chi connectivity index (χ1n) is 9.96. The van der Waals surface area contributed by atoms with E-state index in [9.17, 15) is 14.0 Å². The maximum Gasteiger partial charge on any atom is 0.279 e. The molecule has 0 bridgehead atoms. The third kappa shape index (κ3) is 7.28. The molecule has 2 amide bonds. The van der Waals surface area contributed by atoms with Crippen molar-refractivity contribution in [2.75, 3.05) is 0 Å². The number of amides is 2. The van der Waals surface area contributed by atoms with Crippen molar-refractivity contribution in [1.29, 1.82) is 0 Å². The molecule has 3 aromatic rings. The van der Waals surface area contributed by atoms with Gasteiger partial charge in [0.2, 0.25) is 0 Å². The van der Waals surface area contributed by atoms with Gasteiger partial charge in [0, 0.05) is 6.08 Å². The summed E-state index contributed by atoms with van der Waals surface area (Å²) in [5.41, 5.74) is 6.45. The van der Waals surface area contributed by atoms with Gasteiger partial charge in [0.1, 0.15) is 23.9 Å². The zero-order valence-electron chi connectivity index (χ0n) is 17.5.